The Labute approximate surface area is 538 Å². The highest BCUT2D eigenvalue weighted by Crippen LogP contribution is 2.52. The van der Waals surface area contributed by atoms with E-state index in [0.29, 0.717) is 13.2 Å². The molecule has 8 heteroatoms. The van der Waals surface area contributed by atoms with Crippen molar-refractivity contribution in [1.29, 1.82) is 0 Å². The zero-order valence-corrected chi connectivity index (χ0v) is 61.3. The standard InChI is InChI=1S/C78H144O6P2/c1-14-19-23-27-31-35-39-43-47-51-55-60-68-67(7)74(70(75(78(11,12)13)76(68)84-85(79)80)61-56-52-48-44-40-36-32-28-24-20-15-2)69(59-18-5)71-65-72(77(8,9)10)73(64-66(71)6)83-86(81-62-57-53-49-45-41-37-33-29-25-21-16-3)82-63-58-54-50-46-42-38-34-30-26-22-17-4/h64-65,69,79-80H,14-63H2,1-13H3. The summed E-state index contributed by atoms with van der Waals surface area (Å²) in [6, 6.07) is 4.85. The average Bonchev–Trinajstić information content (AvgIpc) is 0.773. The molecule has 2 N–H and O–H groups in total. The minimum Gasteiger partial charge on any atom is -0.426 e. The van der Waals surface area contributed by atoms with Gasteiger partial charge in [0.25, 0.3) is 0 Å². The summed E-state index contributed by atoms with van der Waals surface area (Å²) in [5.41, 5.74) is 9.83. The molecule has 0 aliphatic carbocycles. The fourth-order valence-corrected chi connectivity index (χ4v) is 14.8. The number of benzene rings is 2. The van der Waals surface area contributed by atoms with E-state index in [2.05, 4.69) is 102 Å². The molecule has 0 aliphatic rings. The molecule has 0 aliphatic heterocycles. The number of hydrogen-bond acceptors (Lipinski definition) is 6. The van der Waals surface area contributed by atoms with E-state index in [1.807, 2.05) is 0 Å². The summed E-state index contributed by atoms with van der Waals surface area (Å²) in [5.74, 6) is 1.79. The molecule has 0 spiro atoms. The zero-order valence-electron chi connectivity index (χ0n) is 59.5. The summed E-state index contributed by atoms with van der Waals surface area (Å²) in [6.45, 7) is 31.5. The van der Waals surface area contributed by atoms with Gasteiger partial charge in [0.1, 0.15) is 11.5 Å². The molecule has 0 fully saturated rings. The molecule has 1 unspecified atom stereocenters. The molecule has 0 aromatic heterocycles. The van der Waals surface area contributed by atoms with Gasteiger partial charge >= 0.3 is 17.2 Å². The molecule has 86 heavy (non-hydrogen) atoms. The van der Waals surface area contributed by atoms with Gasteiger partial charge in [-0.3, -0.25) is 0 Å². The lowest BCUT2D eigenvalue weighted by Crippen LogP contribution is -2.22. The maximum atomic E-state index is 10.8. The van der Waals surface area contributed by atoms with Gasteiger partial charge in [0.15, 0.2) is 0 Å². The molecule has 0 heterocycles. The van der Waals surface area contributed by atoms with E-state index in [1.165, 1.54) is 301 Å². The smallest absolute Gasteiger partial charge is 0.397 e. The predicted molar refractivity (Wildman–Crippen MR) is 381 cm³/mol. The van der Waals surface area contributed by atoms with E-state index < -0.39 is 17.2 Å². The lowest BCUT2D eigenvalue weighted by Gasteiger charge is -2.35. The fourth-order valence-electron chi connectivity index (χ4n) is 13.4. The van der Waals surface area contributed by atoms with Crippen molar-refractivity contribution in [2.45, 2.75) is 415 Å². The van der Waals surface area contributed by atoms with Crippen LogP contribution in [0.25, 0.3) is 0 Å². The quantitative estimate of drug-likeness (QED) is 0.0508. The Hall–Kier alpha value is -1.26. The molecule has 0 amide bonds. The predicted octanol–water partition coefficient (Wildman–Crippen LogP) is 27.4. The van der Waals surface area contributed by atoms with Crippen molar-refractivity contribution < 1.29 is 27.9 Å². The molecule has 0 saturated heterocycles. The topological polar surface area (TPSA) is 77.4 Å². The Morgan fingerprint density at radius 3 is 1.06 bits per heavy atom. The van der Waals surface area contributed by atoms with Crippen molar-refractivity contribution in [2.24, 2.45) is 0 Å². The summed E-state index contributed by atoms with van der Waals surface area (Å²) in [6.07, 6.45) is 61.2. The lowest BCUT2D eigenvalue weighted by molar-refractivity contribution is 0.197. The van der Waals surface area contributed by atoms with Crippen LogP contribution < -0.4 is 9.05 Å². The first-order valence-electron chi connectivity index (χ1n) is 37.5. The Kier molecular flexibility index (Phi) is 48.2. The van der Waals surface area contributed by atoms with Crippen LogP contribution in [-0.4, -0.2) is 23.0 Å². The molecule has 502 valence electrons. The van der Waals surface area contributed by atoms with Gasteiger partial charge < -0.3 is 27.9 Å². The average molecular weight is 1240 g/mol. The van der Waals surface area contributed by atoms with Gasteiger partial charge in [-0.2, -0.15) is 0 Å². The van der Waals surface area contributed by atoms with Crippen LogP contribution in [-0.2, 0) is 32.7 Å². The van der Waals surface area contributed by atoms with Crippen molar-refractivity contribution in [2.75, 3.05) is 13.2 Å². The molecule has 0 saturated carbocycles. The van der Waals surface area contributed by atoms with Gasteiger partial charge in [-0.25, -0.2) is 0 Å². The Morgan fingerprint density at radius 2 is 0.733 bits per heavy atom. The second-order valence-electron chi connectivity index (χ2n) is 28.7. The second-order valence-corrected chi connectivity index (χ2v) is 30.5. The lowest BCUT2D eigenvalue weighted by atomic mass is 9.71. The Morgan fingerprint density at radius 1 is 0.395 bits per heavy atom. The molecule has 2 rings (SSSR count). The summed E-state index contributed by atoms with van der Waals surface area (Å²) in [7, 11) is -4.21. The molecular weight excluding hydrogens is 1090 g/mol. The normalized spacial score (nSPS) is 12.6. The molecule has 0 radical (unpaired) electrons. The number of hydrogen-bond donors (Lipinski definition) is 2. The van der Waals surface area contributed by atoms with Crippen molar-refractivity contribution in [3.63, 3.8) is 0 Å². The van der Waals surface area contributed by atoms with E-state index in [0.717, 1.165) is 62.9 Å². The van der Waals surface area contributed by atoms with E-state index in [4.69, 9.17) is 18.1 Å². The van der Waals surface area contributed by atoms with Crippen LogP contribution in [0.2, 0.25) is 0 Å². The molecule has 0 bridgehead atoms. The highest BCUT2D eigenvalue weighted by atomic mass is 31.2. The summed E-state index contributed by atoms with van der Waals surface area (Å²) in [5, 5.41) is 0. The Bertz CT molecular complexity index is 1890. The van der Waals surface area contributed by atoms with E-state index >= 15 is 0 Å². The van der Waals surface area contributed by atoms with Crippen LogP contribution in [0.1, 0.15) is 422 Å². The van der Waals surface area contributed by atoms with Crippen molar-refractivity contribution >= 4 is 17.2 Å². The summed E-state index contributed by atoms with van der Waals surface area (Å²) in [4.78, 5) is 21.7. The molecule has 1 atom stereocenters. The van der Waals surface area contributed by atoms with Crippen LogP contribution >= 0.6 is 17.2 Å². The first-order chi connectivity index (χ1) is 41.6. The van der Waals surface area contributed by atoms with E-state index in [9.17, 15) is 9.79 Å². The SMILES string of the molecule is CCCCCCCCCCCCCOP(OCCCCCCCCCCCCC)Oc1cc(C)c(C(CCC)c2c(C)c(CCCCCCCCCCCCC)c(OP(O)O)c(C(C)(C)C)c2CCCCCCCCCCCCC)cc1C(C)(C)C. The van der Waals surface area contributed by atoms with Gasteiger partial charge in [-0.1, -0.05) is 345 Å². The first kappa shape index (κ1) is 80.8. The number of aryl methyl sites for hydroxylation is 1. The third-order valence-electron chi connectivity index (χ3n) is 18.5. The van der Waals surface area contributed by atoms with Crippen molar-refractivity contribution in [3.05, 3.63) is 56.6 Å². The van der Waals surface area contributed by atoms with Crippen LogP contribution in [0.15, 0.2) is 12.1 Å². The van der Waals surface area contributed by atoms with Crippen LogP contribution in [0, 0.1) is 13.8 Å². The summed E-state index contributed by atoms with van der Waals surface area (Å²) >= 11 is 0. The summed E-state index contributed by atoms with van der Waals surface area (Å²) < 4.78 is 26.9. The molecule has 2 aromatic rings. The molecule has 6 nitrogen and oxygen atoms in total. The maximum absolute atomic E-state index is 10.8. The highest BCUT2D eigenvalue weighted by molar-refractivity contribution is 7.42. The minimum atomic E-state index is -2.61. The minimum absolute atomic E-state index is 0.143. The highest BCUT2D eigenvalue weighted by Gasteiger charge is 2.35. The van der Waals surface area contributed by atoms with Gasteiger partial charge in [0, 0.05) is 17.0 Å². The van der Waals surface area contributed by atoms with Gasteiger partial charge in [0.05, 0.1) is 13.2 Å². The van der Waals surface area contributed by atoms with Crippen molar-refractivity contribution in [3.8, 4) is 11.5 Å². The fraction of sp³-hybridized carbons (Fsp3) is 0.846. The third-order valence-corrected chi connectivity index (χ3v) is 20.0. The third kappa shape index (κ3) is 36.1. The van der Waals surface area contributed by atoms with E-state index in [-0.39, 0.29) is 16.7 Å². The molecular formula is C78H144O6P2. The maximum Gasteiger partial charge on any atom is 0.397 e. The number of unbranched alkanes of at least 4 members (excludes halogenated alkanes) is 40. The van der Waals surface area contributed by atoms with E-state index in [1.54, 1.807) is 0 Å². The van der Waals surface area contributed by atoms with Crippen LogP contribution in [0.5, 0.6) is 11.5 Å². The van der Waals surface area contributed by atoms with Gasteiger partial charge in [-0.15, -0.1) is 0 Å². The monoisotopic (exact) mass is 1240 g/mol. The van der Waals surface area contributed by atoms with Gasteiger partial charge in [0.2, 0.25) is 0 Å². The van der Waals surface area contributed by atoms with Gasteiger partial charge in [-0.05, 0) is 109 Å². The zero-order chi connectivity index (χ0) is 63.1. The van der Waals surface area contributed by atoms with Crippen LogP contribution in [0.4, 0.5) is 0 Å². The first-order valence-corrected chi connectivity index (χ1v) is 39.8. The second kappa shape index (κ2) is 51.3. The largest absolute Gasteiger partial charge is 0.426 e. The Balaban J connectivity index is 2.63. The van der Waals surface area contributed by atoms with Crippen molar-refractivity contribution in [1.82, 2.24) is 0 Å². The number of rotatable bonds is 58. The van der Waals surface area contributed by atoms with Crippen LogP contribution in [0.3, 0.4) is 0 Å². The molecule has 2 aromatic carbocycles.